The van der Waals surface area contributed by atoms with Gasteiger partial charge in [0.2, 0.25) is 5.43 Å². The average Bonchev–Trinajstić information content (AvgIpc) is 3.29. The van der Waals surface area contributed by atoms with E-state index in [1.165, 1.54) is 6.20 Å². The molecule has 22 heavy (non-hydrogen) atoms. The second kappa shape index (κ2) is 5.21. The lowest BCUT2D eigenvalue weighted by Crippen LogP contribution is -2.21. The molecular formula is C14H11F2N3O3. The average molecular weight is 307 g/mol. The van der Waals surface area contributed by atoms with E-state index in [9.17, 15) is 18.4 Å². The summed E-state index contributed by atoms with van der Waals surface area (Å²) < 4.78 is 28.5. The summed E-state index contributed by atoms with van der Waals surface area (Å²) in [4.78, 5) is 23.7. The van der Waals surface area contributed by atoms with Crippen molar-refractivity contribution >= 4 is 28.7 Å². The molecule has 8 heteroatoms. The topological polar surface area (TPSA) is 83.7 Å². The Morgan fingerprint density at radius 2 is 2.05 bits per heavy atom. The van der Waals surface area contributed by atoms with Gasteiger partial charge in [0.1, 0.15) is 11.9 Å². The molecule has 1 aromatic carbocycles. The van der Waals surface area contributed by atoms with Gasteiger partial charge < -0.3 is 15.1 Å². The quantitative estimate of drug-likeness (QED) is 0.517. The summed E-state index contributed by atoms with van der Waals surface area (Å²) >= 11 is 0. The number of hydrogen-bond donors (Lipinski definition) is 2. The molecule has 0 unspecified atom stereocenters. The van der Waals surface area contributed by atoms with Gasteiger partial charge in [-0.2, -0.15) is 0 Å². The number of anilines is 1. The van der Waals surface area contributed by atoms with Crippen LogP contribution >= 0.6 is 0 Å². The van der Waals surface area contributed by atoms with Gasteiger partial charge in [0.05, 0.1) is 10.9 Å². The molecule has 0 atom stereocenters. The standard InChI is InChI=1S/C14H11F2N3O3/c15-9-3-8-12(4-10(9)16)19(7-1-2-7)6-11(14(8)21)18-13(20)5-17-22/h3-7,22H,1-2H2,(H,18,20)/b17-5+. The summed E-state index contributed by atoms with van der Waals surface area (Å²) in [6.45, 7) is 0. The molecule has 2 N–H and O–H groups in total. The Labute approximate surface area is 122 Å². The van der Waals surface area contributed by atoms with Crippen LogP contribution in [0.25, 0.3) is 10.9 Å². The highest BCUT2D eigenvalue weighted by Gasteiger charge is 2.26. The highest BCUT2D eigenvalue weighted by atomic mass is 19.2. The van der Waals surface area contributed by atoms with E-state index in [0.717, 1.165) is 25.0 Å². The van der Waals surface area contributed by atoms with Crippen molar-refractivity contribution in [3.05, 3.63) is 40.2 Å². The van der Waals surface area contributed by atoms with Gasteiger partial charge in [-0.3, -0.25) is 9.59 Å². The molecule has 1 saturated carbocycles. The number of hydrogen-bond acceptors (Lipinski definition) is 4. The van der Waals surface area contributed by atoms with Crippen LogP contribution in [-0.4, -0.2) is 21.9 Å². The van der Waals surface area contributed by atoms with E-state index >= 15 is 0 Å². The first kappa shape index (κ1) is 14.2. The van der Waals surface area contributed by atoms with Crippen LogP contribution in [0.1, 0.15) is 18.9 Å². The molecule has 6 nitrogen and oxygen atoms in total. The van der Waals surface area contributed by atoms with Crippen LogP contribution in [0.4, 0.5) is 14.5 Å². The Kier molecular flexibility index (Phi) is 3.36. The normalized spacial score (nSPS) is 14.6. The zero-order chi connectivity index (χ0) is 15.9. The Hall–Kier alpha value is -2.77. The Morgan fingerprint density at radius 3 is 2.68 bits per heavy atom. The number of carbonyl (C=O) groups is 1. The van der Waals surface area contributed by atoms with Crippen LogP contribution in [0, 0.1) is 11.6 Å². The van der Waals surface area contributed by atoms with E-state index in [0.29, 0.717) is 6.21 Å². The summed E-state index contributed by atoms with van der Waals surface area (Å²) in [6, 6.07) is 1.88. The van der Waals surface area contributed by atoms with Gasteiger partial charge in [-0.1, -0.05) is 5.16 Å². The monoisotopic (exact) mass is 307 g/mol. The molecule has 114 valence electrons. The number of aromatic nitrogens is 1. The third-order valence-corrected chi connectivity index (χ3v) is 3.45. The van der Waals surface area contributed by atoms with Gasteiger partial charge in [-0.05, 0) is 18.9 Å². The third-order valence-electron chi connectivity index (χ3n) is 3.45. The number of halogens is 2. The lowest BCUT2D eigenvalue weighted by Gasteiger charge is -2.13. The lowest BCUT2D eigenvalue weighted by atomic mass is 10.1. The largest absolute Gasteiger partial charge is 0.411 e. The highest BCUT2D eigenvalue weighted by molar-refractivity contribution is 6.31. The minimum absolute atomic E-state index is 0.0236. The van der Waals surface area contributed by atoms with Gasteiger partial charge in [0.25, 0.3) is 5.91 Å². The summed E-state index contributed by atoms with van der Waals surface area (Å²) in [5.74, 6) is -2.97. The second-order valence-corrected chi connectivity index (χ2v) is 5.03. The molecule has 1 amide bonds. The molecule has 0 saturated heterocycles. The van der Waals surface area contributed by atoms with Gasteiger partial charge in [-0.15, -0.1) is 0 Å². The number of nitrogens with one attached hydrogen (secondary N) is 1. The number of benzene rings is 1. The zero-order valence-corrected chi connectivity index (χ0v) is 11.2. The van der Waals surface area contributed by atoms with Gasteiger partial charge >= 0.3 is 0 Å². The number of oxime groups is 1. The molecular weight excluding hydrogens is 296 g/mol. The van der Waals surface area contributed by atoms with Crippen LogP contribution in [-0.2, 0) is 4.79 Å². The van der Waals surface area contributed by atoms with Crippen molar-refractivity contribution in [2.75, 3.05) is 5.32 Å². The molecule has 0 bridgehead atoms. The molecule has 1 fully saturated rings. The van der Waals surface area contributed by atoms with Crippen molar-refractivity contribution in [2.45, 2.75) is 18.9 Å². The minimum Gasteiger partial charge on any atom is -0.411 e. The Morgan fingerprint density at radius 1 is 1.36 bits per heavy atom. The fraction of sp³-hybridized carbons (Fsp3) is 0.214. The number of fused-ring (bicyclic) bond motifs is 1. The fourth-order valence-electron chi connectivity index (χ4n) is 2.31. The molecule has 3 rings (SSSR count). The molecule has 1 aliphatic rings. The Balaban J connectivity index is 2.22. The third kappa shape index (κ3) is 2.43. The zero-order valence-electron chi connectivity index (χ0n) is 11.2. The van der Waals surface area contributed by atoms with Crippen molar-refractivity contribution in [2.24, 2.45) is 5.16 Å². The lowest BCUT2D eigenvalue weighted by molar-refractivity contribution is -0.110. The molecule has 2 aromatic rings. The first-order valence-corrected chi connectivity index (χ1v) is 6.53. The minimum atomic E-state index is -1.13. The van der Waals surface area contributed by atoms with Crippen molar-refractivity contribution in [3.8, 4) is 0 Å². The molecule has 0 aliphatic heterocycles. The van der Waals surface area contributed by atoms with Crippen molar-refractivity contribution < 1.29 is 18.8 Å². The van der Waals surface area contributed by atoms with E-state index in [1.807, 2.05) is 0 Å². The summed E-state index contributed by atoms with van der Waals surface area (Å²) in [7, 11) is 0. The number of carbonyl (C=O) groups excluding carboxylic acids is 1. The van der Waals surface area contributed by atoms with Gasteiger partial charge in [0, 0.05) is 18.3 Å². The van der Waals surface area contributed by atoms with Crippen LogP contribution < -0.4 is 10.7 Å². The summed E-state index contributed by atoms with van der Waals surface area (Å²) in [5, 5.41) is 13.1. The molecule has 1 aliphatic carbocycles. The summed E-state index contributed by atoms with van der Waals surface area (Å²) in [5.41, 5.74) is -0.443. The first-order chi connectivity index (χ1) is 10.5. The maximum Gasteiger partial charge on any atom is 0.270 e. The molecule has 1 aromatic heterocycles. The van der Waals surface area contributed by atoms with E-state index < -0.39 is 23.0 Å². The van der Waals surface area contributed by atoms with E-state index in [1.54, 1.807) is 4.57 Å². The molecule has 0 radical (unpaired) electrons. The number of amides is 1. The Bertz CT molecular complexity index is 857. The summed E-state index contributed by atoms with van der Waals surface area (Å²) in [6.07, 6.45) is 3.68. The first-order valence-electron chi connectivity index (χ1n) is 6.53. The van der Waals surface area contributed by atoms with Crippen LogP contribution in [0.2, 0.25) is 0 Å². The molecule has 1 heterocycles. The van der Waals surface area contributed by atoms with E-state index in [2.05, 4.69) is 10.5 Å². The van der Waals surface area contributed by atoms with Crippen LogP contribution in [0.15, 0.2) is 28.3 Å². The predicted molar refractivity (Wildman–Crippen MR) is 75.3 cm³/mol. The van der Waals surface area contributed by atoms with Crippen molar-refractivity contribution in [1.29, 1.82) is 0 Å². The van der Waals surface area contributed by atoms with Gasteiger partial charge in [-0.25, -0.2) is 8.78 Å². The van der Waals surface area contributed by atoms with Crippen LogP contribution in [0.5, 0.6) is 0 Å². The van der Waals surface area contributed by atoms with Crippen molar-refractivity contribution in [3.63, 3.8) is 0 Å². The van der Waals surface area contributed by atoms with Crippen molar-refractivity contribution in [1.82, 2.24) is 4.57 Å². The number of rotatable bonds is 3. The maximum atomic E-state index is 13.4. The smallest absolute Gasteiger partial charge is 0.270 e. The second-order valence-electron chi connectivity index (χ2n) is 5.03. The van der Waals surface area contributed by atoms with Gasteiger partial charge in [0.15, 0.2) is 11.6 Å². The van der Waals surface area contributed by atoms with Crippen LogP contribution in [0.3, 0.4) is 0 Å². The van der Waals surface area contributed by atoms with E-state index in [-0.39, 0.29) is 22.6 Å². The predicted octanol–water partition coefficient (Wildman–Crippen LogP) is 2.01. The highest BCUT2D eigenvalue weighted by Crippen LogP contribution is 2.37. The fourth-order valence-corrected chi connectivity index (χ4v) is 2.31. The number of nitrogens with zero attached hydrogens (tertiary/aromatic N) is 2. The maximum absolute atomic E-state index is 13.4. The van der Waals surface area contributed by atoms with E-state index in [4.69, 9.17) is 5.21 Å². The SMILES string of the molecule is O=C(/C=N/O)Nc1cn(C2CC2)c2cc(F)c(F)cc2c1=O. The number of pyridine rings is 1. The molecule has 0 spiro atoms.